The second-order valence-corrected chi connectivity index (χ2v) is 7.45. The smallest absolute Gasteiger partial charge is 0.269 e. The maximum absolute atomic E-state index is 12.2. The largest absolute Gasteiger partial charge is 0.497 e. The van der Waals surface area contributed by atoms with Gasteiger partial charge in [-0.05, 0) is 36.8 Å². The van der Waals surface area contributed by atoms with Crippen LogP contribution in [0.1, 0.15) is 12.5 Å². The number of hydrogen-bond acceptors (Lipinski definition) is 6. The third-order valence-electron chi connectivity index (χ3n) is 3.42. The summed E-state index contributed by atoms with van der Waals surface area (Å²) in [7, 11) is -2.10. The molecule has 0 saturated carbocycles. The van der Waals surface area contributed by atoms with E-state index in [0.717, 1.165) is 0 Å². The number of nitrogens with zero attached hydrogens (tertiary/aromatic N) is 1. The topological polar surface area (TPSA) is 108 Å². The lowest BCUT2D eigenvalue weighted by atomic mass is 10.2. The second kappa shape index (κ2) is 8.63. The van der Waals surface area contributed by atoms with Crippen LogP contribution in [-0.2, 0) is 15.8 Å². The highest BCUT2D eigenvalue weighted by molar-refractivity contribution is 7.88. The summed E-state index contributed by atoms with van der Waals surface area (Å²) in [6, 6.07) is 12.0. The number of non-ortho nitro benzene ring substituents is 1. The molecule has 0 amide bonds. The zero-order chi connectivity index (χ0) is 19.2. The Bertz CT molecular complexity index is 852. The van der Waals surface area contributed by atoms with Gasteiger partial charge in [0.25, 0.3) is 5.69 Å². The molecule has 1 atom stereocenters. The SMILES string of the molecule is COc1ccc(OCC(C)NS(=O)(=O)Cc2cccc([N+](=O)[O-])c2)cc1. The number of nitrogens with one attached hydrogen (secondary N) is 1. The highest BCUT2D eigenvalue weighted by atomic mass is 32.2. The highest BCUT2D eigenvalue weighted by Crippen LogP contribution is 2.17. The number of nitro groups is 1. The van der Waals surface area contributed by atoms with Crippen molar-refractivity contribution in [2.24, 2.45) is 0 Å². The van der Waals surface area contributed by atoms with Crippen LogP contribution < -0.4 is 14.2 Å². The predicted molar refractivity (Wildman–Crippen MR) is 96.8 cm³/mol. The average Bonchev–Trinajstić information content (AvgIpc) is 2.59. The van der Waals surface area contributed by atoms with E-state index < -0.39 is 21.0 Å². The third-order valence-corrected chi connectivity index (χ3v) is 4.89. The summed E-state index contributed by atoms with van der Waals surface area (Å²) in [5.74, 6) is 0.945. The number of methoxy groups -OCH3 is 1. The molecule has 0 aliphatic heterocycles. The number of sulfonamides is 1. The number of rotatable bonds is 9. The predicted octanol–water partition coefficient (Wildman–Crippen LogP) is 2.49. The van der Waals surface area contributed by atoms with Crippen molar-refractivity contribution in [1.29, 1.82) is 0 Å². The Morgan fingerprint density at radius 1 is 1.15 bits per heavy atom. The molecule has 0 radical (unpaired) electrons. The first-order valence-electron chi connectivity index (χ1n) is 7.79. The molecule has 0 saturated heterocycles. The van der Waals surface area contributed by atoms with Gasteiger partial charge in [-0.2, -0.15) is 0 Å². The Hall–Kier alpha value is -2.65. The molecule has 2 aromatic rings. The molecule has 0 fully saturated rings. The fraction of sp³-hybridized carbons (Fsp3) is 0.294. The minimum Gasteiger partial charge on any atom is -0.497 e. The lowest BCUT2D eigenvalue weighted by Crippen LogP contribution is -2.37. The van der Waals surface area contributed by atoms with E-state index in [4.69, 9.17) is 9.47 Å². The molecule has 8 nitrogen and oxygen atoms in total. The Morgan fingerprint density at radius 2 is 1.81 bits per heavy atom. The quantitative estimate of drug-likeness (QED) is 0.529. The van der Waals surface area contributed by atoms with Crippen molar-refractivity contribution in [2.75, 3.05) is 13.7 Å². The van der Waals surface area contributed by atoms with E-state index >= 15 is 0 Å². The third kappa shape index (κ3) is 6.01. The van der Waals surface area contributed by atoms with Gasteiger partial charge >= 0.3 is 0 Å². The van der Waals surface area contributed by atoms with Crippen LogP contribution in [0, 0.1) is 10.1 Å². The molecule has 26 heavy (non-hydrogen) atoms. The summed E-state index contributed by atoms with van der Waals surface area (Å²) in [6.07, 6.45) is 0. The summed E-state index contributed by atoms with van der Waals surface area (Å²) < 4.78 is 37.6. The van der Waals surface area contributed by atoms with E-state index in [1.54, 1.807) is 38.3 Å². The number of nitro benzene ring substituents is 1. The van der Waals surface area contributed by atoms with Crippen molar-refractivity contribution >= 4 is 15.7 Å². The summed E-state index contributed by atoms with van der Waals surface area (Å²) in [5, 5.41) is 10.8. The molecule has 0 bridgehead atoms. The Morgan fingerprint density at radius 3 is 2.42 bits per heavy atom. The summed E-state index contributed by atoms with van der Waals surface area (Å²) >= 11 is 0. The number of ether oxygens (including phenoxy) is 2. The zero-order valence-electron chi connectivity index (χ0n) is 14.4. The average molecular weight is 380 g/mol. The molecule has 2 rings (SSSR count). The van der Waals surface area contributed by atoms with E-state index in [-0.39, 0.29) is 18.0 Å². The standard InChI is InChI=1S/C17H20N2O6S/c1-13(11-25-17-8-6-16(24-2)7-9-17)18-26(22,23)12-14-4-3-5-15(10-14)19(20)21/h3-10,13,18H,11-12H2,1-2H3. The molecule has 9 heteroatoms. The Labute approximate surface area is 152 Å². The van der Waals surface area contributed by atoms with Crippen LogP contribution in [0.4, 0.5) is 5.69 Å². The van der Waals surface area contributed by atoms with Crippen LogP contribution in [0.15, 0.2) is 48.5 Å². The van der Waals surface area contributed by atoms with E-state index in [0.29, 0.717) is 17.1 Å². The van der Waals surface area contributed by atoms with Crippen molar-refractivity contribution in [1.82, 2.24) is 4.72 Å². The summed E-state index contributed by atoms with van der Waals surface area (Å²) in [6.45, 7) is 1.81. The van der Waals surface area contributed by atoms with Crippen LogP contribution in [0.25, 0.3) is 0 Å². The first-order chi connectivity index (χ1) is 12.3. The molecule has 1 unspecified atom stereocenters. The summed E-state index contributed by atoms with van der Waals surface area (Å²) in [4.78, 5) is 10.2. The molecule has 2 aromatic carbocycles. The van der Waals surface area contributed by atoms with E-state index in [1.807, 2.05) is 0 Å². The van der Waals surface area contributed by atoms with Crippen LogP contribution in [0.3, 0.4) is 0 Å². The zero-order valence-corrected chi connectivity index (χ0v) is 15.2. The van der Waals surface area contributed by atoms with Gasteiger partial charge in [0, 0.05) is 12.1 Å². The van der Waals surface area contributed by atoms with Crippen LogP contribution in [-0.4, -0.2) is 33.1 Å². The van der Waals surface area contributed by atoms with Gasteiger partial charge in [-0.1, -0.05) is 12.1 Å². The lowest BCUT2D eigenvalue weighted by Gasteiger charge is -2.15. The number of benzene rings is 2. The van der Waals surface area contributed by atoms with Crippen molar-refractivity contribution in [3.8, 4) is 11.5 Å². The van der Waals surface area contributed by atoms with Gasteiger partial charge in [0.05, 0.1) is 23.8 Å². The number of hydrogen-bond donors (Lipinski definition) is 1. The van der Waals surface area contributed by atoms with E-state index in [9.17, 15) is 18.5 Å². The van der Waals surface area contributed by atoms with Crippen LogP contribution in [0.2, 0.25) is 0 Å². The molecular formula is C17H20N2O6S. The van der Waals surface area contributed by atoms with Gasteiger partial charge in [0.1, 0.15) is 18.1 Å². The van der Waals surface area contributed by atoms with E-state index in [2.05, 4.69) is 4.72 Å². The maximum atomic E-state index is 12.2. The molecular weight excluding hydrogens is 360 g/mol. The van der Waals surface area contributed by atoms with Crippen molar-refractivity contribution in [2.45, 2.75) is 18.7 Å². The normalized spacial score (nSPS) is 12.4. The molecule has 0 heterocycles. The van der Waals surface area contributed by atoms with Gasteiger partial charge in [-0.3, -0.25) is 10.1 Å². The van der Waals surface area contributed by atoms with Gasteiger partial charge in [0.15, 0.2) is 0 Å². The van der Waals surface area contributed by atoms with Gasteiger partial charge in [0.2, 0.25) is 10.0 Å². The first kappa shape index (κ1) is 19.7. The minimum absolute atomic E-state index is 0.139. The first-order valence-corrected chi connectivity index (χ1v) is 9.44. The molecule has 140 valence electrons. The molecule has 0 aliphatic rings. The Balaban J connectivity index is 1.91. The fourth-order valence-electron chi connectivity index (χ4n) is 2.25. The van der Waals surface area contributed by atoms with Crippen LogP contribution in [0.5, 0.6) is 11.5 Å². The van der Waals surface area contributed by atoms with Gasteiger partial charge < -0.3 is 9.47 Å². The van der Waals surface area contributed by atoms with Gasteiger partial charge in [-0.15, -0.1) is 0 Å². The minimum atomic E-state index is -3.66. The summed E-state index contributed by atoms with van der Waals surface area (Å²) in [5.41, 5.74) is 0.198. The maximum Gasteiger partial charge on any atom is 0.269 e. The molecule has 0 aromatic heterocycles. The lowest BCUT2D eigenvalue weighted by molar-refractivity contribution is -0.384. The molecule has 1 N–H and O–H groups in total. The van der Waals surface area contributed by atoms with E-state index in [1.165, 1.54) is 24.3 Å². The fourth-order valence-corrected chi connectivity index (χ4v) is 3.64. The van der Waals surface area contributed by atoms with Crippen LogP contribution >= 0.6 is 0 Å². The van der Waals surface area contributed by atoms with Crippen molar-refractivity contribution in [3.63, 3.8) is 0 Å². The highest BCUT2D eigenvalue weighted by Gasteiger charge is 2.17. The van der Waals surface area contributed by atoms with Crippen molar-refractivity contribution < 1.29 is 22.8 Å². The second-order valence-electron chi connectivity index (χ2n) is 5.69. The van der Waals surface area contributed by atoms with Gasteiger partial charge in [-0.25, -0.2) is 13.1 Å². The van der Waals surface area contributed by atoms with Crippen molar-refractivity contribution in [3.05, 3.63) is 64.2 Å². The molecule has 0 spiro atoms. The monoisotopic (exact) mass is 380 g/mol. The Kier molecular flexibility index (Phi) is 6.53. The molecule has 0 aliphatic carbocycles.